The molecule has 0 bridgehead atoms. The Morgan fingerprint density at radius 1 is 1.03 bits per heavy atom. The minimum atomic E-state index is -3.30. The van der Waals surface area contributed by atoms with Crippen LogP contribution in [0.4, 0.5) is 11.4 Å². The van der Waals surface area contributed by atoms with E-state index in [1.54, 1.807) is 0 Å². The van der Waals surface area contributed by atoms with Gasteiger partial charge in [0, 0.05) is 44.5 Å². The highest BCUT2D eigenvalue weighted by Crippen LogP contribution is 2.36. The van der Waals surface area contributed by atoms with Crippen LogP contribution in [0.3, 0.4) is 0 Å². The van der Waals surface area contributed by atoms with Crippen LogP contribution in [-0.4, -0.2) is 63.4 Å². The highest BCUT2D eigenvalue weighted by molar-refractivity contribution is 7.92. The number of aliphatic hydroxyl groups excluding tert-OH is 1. The number of sulfonamides is 1. The maximum atomic E-state index is 12.1. The summed E-state index contributed by atoms with van der Waals surface area (Å²) in [5.74, 6) is 0. The average molecular weight is 444 g/mol. The van der Waals surface area contributed by atoms with Crippen molar-refractivity contribution in [2.24, 2.45) is 0 Å². The van der Waals surface area contributed by atoms with Crippen LogP contribution in [0.1, 0.15) is 35.3 Å². The van der Waals surface area contributed by atoms with Crippen LogP contribution in [0.2, 0.25) is 0 Å². The van der Waals surface area contributed by atoms with Crippen LogP contribution in [0.5, 0.6) is 0 Å². The molecule has 2 aliphatic rings. The molecule has 0 aromatic heterocycles. The summed E-state index contributed by atoms with van der Waals surface area (Å²) in [5.41, 5.74) is 6.48. The number of fused-ring (bicyclic) bond motifs is 1. The SMILES string of the molecule is Cc1ccc(C)c(N2CCN(CC(O)c3ccc4c(c3)CC(C)N4S(C)(=O)=O)CC2)c1. The van der Waals surface area contributed by atoms with Gasteiger partial charge in [-0.1, -0.05) is 24.3 Å². The Labute approximate surface area is 186 Å². The maximum Gasteiger partial charge on any atom is 0.232 e. The third kappa shape index (κ3) is 4.59. The molecule has 1 saturated heterocycles. The Kier molecular flexibility index (Phi) is 6.03. The molecule has 0 saturated carbocycles. The Hall–Kier alpha value is -2.09. The number of anilines is 2. The molecule has 0 spiro atoms. The summed E-state index contributed by atoms with van der Waals surface area (Å²) >= 11 is 0. The highest BCUT2D eigenvalue weighted by atomic mass is 32.2. The zero-order chi connectivity index (χ0) is 22.3. The summed E-state index contributed by atoms with van der Waals surface area (Å²) in [6.45, 7) is 10.5. The molecular formula is C24H33N3O3S. The highest BCUT2D eigenvalue weighted by Gasteiger charge is 2.33. The zero-order valence-electron chi connectivity index (χ0n) is 18.9. The minimum absolute atomic E-state index is 0.0875. The van der Waals surface area contributed by atoms with Crippen LogP contribution >= 0.6 is 0 Å². The van der Waals surface area contributed by atoms with E-state index in [1.807, 2.05) is 25.1 Å². The van der Waals surface area contributed by atoms with E-state index < -0.39 is 16.1 Å². The fourth-order valence-corrected chi connectivity index (χ4v) is 6.18. The number of nitrogens with zero attached hydrogens (tertiary/aromatic N) is 3. The number of hydrogen-bond donors (Lipinski definition) is 1. The van der Waals surface area contributed by atoms with Crippen molar-refractivity contribution in [1.82, 2.24) is 4.90 Å². The van der Waals surface area contributed by atoms with E-state index in [4.69, 9.17) is 0 Å². The number of piperazine rings is 1. The monoisotopic (exact) mass is 443 g/mol. The summed E-state index contributed by atoms with van der Waals surface area (Å²) in [7, 11) is -3.30. The fraction of sp³-hybridized carbons (Fsp3) is 0.500. The summed E-state index contributed by atoms with van der Waals surface area (Å²) in [4.78, 5) is 4.74. The van der Waals surface area contributed by atoms with Gasteiger partial charge in [0.05, 0.1) is 18.0 Å². The lowest BCUT2D eigenvalue weighted by molar-refractivity contribution is 0.109. The van der Waals surface area contributed by atoms with Gasteiger partial charge in [0.25, 0.3) is 0 Å². The van der Waals surface area contributed by atoms with Gasteiger partial charge in [-0.15, -0.1) is 0 Å². The van der Waals surface area contributed by atoms with Gasteiger partial charge in [-0.05, 0) is 61.6 Å². The Morgan fingerprint density at radius 2 is 1.74 bits per heavy atom. The topological polar surface area (TPSA) is 64.1 Å². The van der Waals surface area contributed by atoms with Crippen molar-refractivity contribution in [2.75, 3.05) is 48.2 Å². The number of aryl methyl sites for hydroxylation is 2. The molecule has 2 aromatic rings. The first kappa shape index (κ1) is 22.1. The number of benzene rings is 2. The molecule has 31 heavy (non-hydrogen) atoms. The molecule has 168 valence electrons. The maximum absolute atomic E-state index is 12.1. The Balaban J connectivity index is 1.39. The van der Waals surface area contributed by atoms with Crippen molar-refractivity contribution in [2.45, 2.75) is 39.3 Å². The molecule has 2 aliphatic heterocycles. The molecule has 0 radical (unpaired) electrons. The van der Waals surface area contributed by atoms with Crippen molar-refractivity contribution in [1.29, 1.82) is 0 Å². The van der Waals surface area contributed by atoms with E-state index in [1.165, 1.54) is 27.4 Å². The largest absolute Gasteiger partial charge is 0.387 e. The van der Waals surface area contributed by atoms with Crippen LogP contribution < -0.4 is 9.21 Å². The van der Waals surface area contributed by atoms with Gasteiger partial charge < -0.3 is 10.0 Å². The molecule has 4 rings (SSSR count). The molecule has 1 fully saturated rings. The number of rotatable bonds is 5. The summed E-state index contributed by atoms with van der Waals surface area (Å²) in [5, 5.41) is 10.9. The molecule has 2 atom stereocenters. The number of hydrogen-bond acceptors (Lipinski definition) is 5. The van der Waals surface area contributed by atoms with Gasteiger partial charge in [-0.3, -0.25) is 9.21 Å². The summed E-state index contributed by atoms with van der Waals surface area (Å²) in [6.07, 6.45) is 1.34. The molecule has 2 unspecified atom stereocenters. The lowest BCUT2D eigenvalue weighted by Crippen LogP contribution is -2.47. The predicted molar refractivity (Wildman–Crippen MR) is 126 cm³/mol. The van der Waals surface area contributed by atoms with Crippen molar-refractivity contribution in [3.8, 4) is 0 Å². The van der Waals surface area contributed by atoms with Gasteiger partial charge in [0.2, 0.25) is 10.0 Å². The molecule has 7 heteroatoms. The van der Waals surface area contributed by atoms with Crippen LogP contribution in [0, 0.1) is 13.8 Å². The van der Waals surface area contributed by atoms with Crippen molar-refractivity contribution < 1.29 is 13.5 Å². The second kappa shape index (κ2) is 8.45. The lowest BCUT2D eigenvalue weighted by atomic mass is 10.0. The normalized spacial score (nSPS) is 20.7. The van der Waals surface area contributed by atoms with Crippen LogP contribution in [-0.2, 0) is 16.4 Å². The van der Waals surface area contributed by atoms with E-state index in [0.717, 1.165) is 43.0 Å². The summed E-state index contributed by atoms with van der Waals surface area (Å²) < 4.78 is 25.7. The first-order chi connectivity index (χ1) is 14.6. The molecule has 2 aromatic carbocycles. The van der Waals surface area contributed by atoms with E-state index >= 15 is 0 Å². The van der Waals surface area contributed by atoms with E-state index in [0.29, 0.717) is 13.0 Å². The first-order valence-electron chi connectivity index (χ1n) is 11.0. The Morgan fingerprint density at radius 3 is 2.42 bits per heavy atom. The second-order valence-electron chi connectivity index (χ2n) is 9.09. The average Bonchev–Trinajstić information content (AvgIpc) is 3.05. The van der Waals surface area contributed by atoms with Crippen molar-refractivity contribution in [3.05, 3.63) is 58.7 Å². The molecule has 2 heterocycles. The number of β-amino-alcohol motifs (C(OH)–C–C–N with tert-alkyl or cyclic N) is 1. The van der Waals surface area contributed by atoms with Gasteiger partial charge in [0.1, 0.15) is 0 Å². The quantitative estimate of drug-likeness (QED) is 0.770. The van der Waals surface area contributed by atoms with Crippen LogP contribution in [0.15, 0.2) is 36.4 Å². The zero-order valence-corrected chi connectivity index (χ0v) is 19.7. The van der Waals surface area contributed by atoms with Gasteiger partial charge in [-0.2, -0.15) is 0 Å². The Bertz CT molecular complexity index is 1060. The fourth-order valence-electron chi connectivity index (χ4n) is 4.92. The van der Waals surface area contributed by atoms with E-state index in [-0.39, 0.29) is 6.04 Å². The van der Waals surface area contributed by atoms with E-state index in [2.05, 4.69) is 41.8 Å². The van der Waals surface area contributed by atoms with Gasteiger partial charge in [-0.25, -0.2) is 8.42 Å². The predicted octanol–water partition coefficient (Wildman–Crippen LogP) is 2.87. The molecule has 0 aliphatic carbocycles. The van der Waals surface area contributed by atoms with Gasteiger partial charge >= 0.3 is 0 Å². The molecule has 1 N–H and O–H groups in total. The third-order valence-corrected chi connectivity index (χ3v) is 7.78. The van der Waals surface area contributed by atoms with Crippen molar-refractivity contribution >= 4 is 21.4 Å². The first-order valence-corrected chi connectivity index (χ1v) is 12.8. The third-order valence-electron chi connectivity index (χ3n) is 6.51. The van der Waals surface area contributed by atoms with Gasteiger partial charge in [0.15, 0.2) is 0 Å². The number of aliphatic hydroxyl groups is 1. The standard InChI is InChI=1S/C24H33N3O3S/c1-17-5-6-18(2)23(13-17)26-11-9-25(10-12-26)16-24(28)20-7-8-22-21(15-20)14-19(3)27(22)31(4,29)30/h5-8,13,15,19,24,28H,9-12,14,16H2,1-4H3. The van der Waals surface area contributed by atoms with E-state index in [9.17, 15) is 13.5 Å². The molecular weight excluding hydrogens is 410 g/mol. The summed E-state index contributed by atoms with van der Waals surface area (Å²) in [6, 6.07) is 12.2. The van der Waals surface area contributed by atoms with Crippen LogP contribution in [0.25, 0.3) is 0 Å². The molecule has 0 amide bonds. The minimum Gasteiger partial charge on any atom is -0.387 e. The smallest absolute Gasteiger partial charge is 0.232 e. The molecule has 6 nitrogen and oxygen atoms in total. The second-order valence-corrected chi connectivity index (χ2v) is 11.0. The lowest BCUT2D eigenvalue weighted by Gasteiger charge is -2.37. The van der Waals surface area contributed by atoms with Crippen molar-refractivity contribution in [3.63, 3.8) is 0 Å².